The van der Waals surface area contributed by atoms with Crippen LogP contribution in [0.4, 0.5) is 5.82 Å². The Hall–Kier alpha value is -2.14. The Morgan fingerprint density at radius 2 is 2.32 bits per heavy atom. The van der Waals surface area contributed by atoms with E-state index in [4.69, 9.17) is 10.5 Å². The highest BCUT2D eigenvalue weighted by Crippen LogP contribution is 2.33. The van der Waals surface area contributed by atoms with Crippen LogP contribution in [0, 0.1) is 11.8 Å². The molecule has 0 spiro atoms. The van der Waals surface area contributed by atoms with E-state index in [0.717, 1.165) is 12.0 Å². The number of hydrogen-bond donors (Lipinski definition) is 3. The molecule has 0 amide bonds. The molecule has 3 atom stereocenters. The number of rotatable bonds is 2. The summed E-state index contributed by atoms with van der Waals surface area (Å²) in [5.74, 6) is 6.43. The second kappa shape index (κ2) is 5.93. The van der Waals surface area contributed by atoms with Gasteiger partial charge < -0.3 is 25.3 Å². The maximum absolute atomic E-state index is 9.91. The lowest BCUT2D eigenvalue weighted by Crippen LogP contribution is -2.24. The highest BCUT2D eigenvalue weighted by molar-refractivity contribution is 5.92. The van der Waals surface area contributed by atoms with Crippen molar-refractivity contribution < 1.29 is 14.9 Å². The fourth-order valence-corrected chi connectivity index (χ4v) is 2.66. The summed E-state index contributed by atoms with van der Waals surface area (Å²) in [6, 6.07) is 0. The molecule has 3 rings (SSSR count). The quantitative estimate of drug-likeness (QED) is 0.694. The van der Waals surface area contributed by atoms with Crippen LogP contribution in [0.2, 0.25) is 0 Å². The van der Waals surface area contributed by atoms with E-state index in [9.17, 15) is 10.2 Å². The molecule has 1 aliphatic rings. The second-order valence-corrected chi connectivity index (χ2v) is 5.18. The molecule has 7 heteroatoms. The van der Waals surface area contributed by atoms with Crippen LogP contribution in [0.3, 0.4) is 0 Å². The normalized spacial score (nSPS) is 24.4. The smallest absolute Gasteiger partial charge is 0.148 e. The minimum Gasteiger partial charge on any atom is -0.394 e. The molecule has 22 heavy (non-hydrogen) atoms. The summed E-state index contributed by atoms with van der Waals surface area (Å²) >= 11 is 0. The van der Waals surface area contributed by atoms with Crippen molar-refractivity contribution in [3.05, 3.63) is 18.1 Å². The van der Waals surface area contributed by atoms with Crippen LogP contribution in [0.5, 0.6) is 0 Å². The van der Waals surface area contributed by atoms with Crippen LogP contribution in [0.1, 0.15) is 31.6 Å². The summed E-state index contributed by atoms with van der Waals surface area (Å²) in [7, 11) is 0. The van der Waals surface area contributed by atoms with Gasteiger partial charge in [0.05, 0.1) is 23.7 Å². The molecular formula is C15H18N4O3. The Morgan fingerprint density at radius 1 is 1.50 bits per heavy atom. The van der Waals surface area contributed by atoms with Gasteiger partial charge in [0.1, 0.15) is 30.1 Å². The first-order valence-electron chi connectivity index (χ1n) is 7.20. The van der Waals surface area contributed by atoms with Crippen molar-refractivity contribution in [2.45, 2.75) is 38.2 Å². The Balaban J connectivity index is 2.09. The second-order valence-electron chi connectivity index (χ2n) is 5.18. The van der Waals surface area contributed by atoms with Crippen molar-refractivity contribution in [1.29, 1.82) is 0 Å². The van der Waals surface area contributed by atoms with Gasteiger partial charge in [-0.3, -0.25) is 0 Å². The Labute approximate surface area is 127 Å². The summed E-state index contributed by atoms with van der Waals surface area (Å²) in [5.41, 5.74) is 7.31. The number of aromatic nitrogens is 3. The predicted molar refractivity (Wildman–Crippen MR) is 80.7 cm³/mol. The molecule has 7 nitrogen and oxygen atoms in total. The van der Waals surface area contributed by atoms with Crippen molar-refractivity contribution in [3.63, 3.8) is 0 Å². The third-order valence-electron chi connectivity index (χ3n) is 3.73. The van der Waals surface area contributed by atoms with E-state index >= 15 is 0 Å². The minimum absolute atomic E-state index is 0.226. The van der Waals surface area contributed by atoms with Gasteiger partial charge in [0, 0.05) is 19.0 Å². The van der Waals surface area contributed by atoms with Crippen LogP contribution >= 0.6 is 0 Å². The van der Waals surface area contributed by atoms with Crippen LogP contribution in [-0.4, -0.2) is 43.6 Å². The number of ether oxygens (including phenoxy) is 1. The summed E-state index contributed by atoms with van der Waals surface area (Å²) < 4.78 is 7.49. The van der Waals surface area contributed by atoms with Crippen molar-refractivity contribution in [2.75, 3.05) is 12.3 Å². The summed E-state index contributed by atoms with van der Waals surface area (Å²) in [6.07, 6.45) is 2.59. The first-order valence-corrected chi connectivity index (χ1v) is 7.20. The lowest BCUT2D eigenvalue weighted by Gasteiger charge is -2.14. The third-order valence-corrected chi connectivity index (χ3v) is 3.73. The standard InChI is InChI=1S/C15H18N4O3/c1-2-3-4-9-6-19(12-5-10(21)11(7-20)22-12)15-13(9)14(16)17-8-18-15/h6,8,10-12,20-21H,2,5,7H2,1H3,(H2,16,17,18). The Bertz CT molecular complexity index is 746. The van der Waals surface area contributed by atoms with E-state index in [1.165, 1.54) is 6.33 Å². The minimum atomic E-state index is -0.711. The number of aliphatic hydroxyl groups excluding tert-OH is 2. The molecule has 2 aromatic rings. The first kappa shape index (κ1) is 14.8. The largest absolute Gasteiger partial charge is 0.394 e. The number of fused-ring (bicyclic) bond motifs is 1. The van der Waals surface area contributed by atoms with E-state index in [0.29, 0.717) is 23.3 Å². The van der Waals surface area contributed by atoms with Crippen molar-refractivity contribution in [2.24, 2.45) is 0 Å². The zero-order chi connectivity index (χ0) is 15.7. The van der Waals surface area contributed by atoms with Gasteiger partial charge in [0.2, 0.25) is 0 Å². The van der Waals surface area contributed by atoms with Crippen LogP contribution in [-0.2, 0) is 4.74 Å². The SMILES string of the molecule is CCC#Cc1cn(C2CC(O)C(CO)O2)c2ncnc(N)c12. The fraction of sp³-hybridized carbons (Fsp3) is 0.467. The predicted octanol–water partition coefficient (Wildman–Crippen LogP) is 0.416. The summed E-state index contributed by atoms with van der Waals surface area (Å²) in [4.78, 5) is 8.29. The number of nitrogens with two attached hydrogens (primary N) is 1. The number of anilines is 1. The van der Waals surface area contributed by atoms with Gasteiger partial charge in [-0.2, -0.15) is 0 Å². The highest BCUT2D eigenvalue weighted by atomic mass is 16.5. The van der Waals surface area contributed by atoms with E-state index in [1.807, 2.05) is 13.1 Å². The molecule has 0 aliphatic carbocycles. The van der Waals surface area contributed by atoms with Crippen LogP contribution in [0.15, 0.2) is 12.5 Å². The first-order chi connectivity index (χ1) is 10.7. The molecular weight excluding hydrogens is 284 g/mol. The fourth-order valence-electron chi connectivity index (χ4n) is 2.66. The zero-order valence-electron chi connectivity index (χ0n) is 12.2. The van der Waals surface area contributed by atoms with E-state index in [2.05, 4.69) is 21.8 Å². The van der Waals surface area contributed by atoms with Crippen molar-refractivity contribution in [3.8, 4) is 11.8 Å². The molecule has 4 N–H and O–H groups in total. The molecule has 0 bridgehead atoms. The van der Waals surface area contributed by atoms with Gasteiger partial charge in [-0.05, 0) is 0 Å². The average Bonchev–Trinajstić information content (AvgIpc) is 3.06. The molecule has 0 aromatic carbocycles. The zero-order valence-corrected chi connectivity index (χ0v) is 12.2. The van der Waals surface area contributed by atoms with E-state index < -0.39 is 18.4 Å². The number of aliphatic hydroxyl groups is 2. The Morgan fingerprint density at radius 3 is 3.00 bits per heavy atom. The van der Waals surface area contributed by atoms with Gasteiger partial charge in [0.15, 0.2) is 0 Å². The highest BCUT2D eigenvalue weighted by Gasteiger charge is 2.35. The topological polar surface area (TPSA) is 106 Å². The van der Waals surface area contributed by atoms with Gasteiger partial charge in [-0.25, -0.2) is 9.97 Å². The molecule has 1 aliphatic heterocycles. The summed E-state index contributed by atoms with van der Waals surface area (Å²) in [6.45, 7) is 1.74. The van der Waals surface area contributed by atoms with E-state index in [-0.39, 0.29) is 6.61 Å². The van der Waals surface area contributed by atoms with Crippen LogP contribution in [0.25, 0.3) is 11.0 Å². The van der Waals surface area contributed by atoms with Gasteiger partial charge >= 0.3 is 0 Å². The lowest BCUT2D eigenvalue weighted by molar-refractivity contribution is -0.0430. The van der Waals surface area contributed by atoms with Gasteiger partial charge in [-0.1, -0.05) is 18.8 Å². The molecule has 0 saturated carbocycles. The molecule has 0 radical (unpaired) electrons. The third kappa shape index (κ3) is 2.41. The average molecular weight is 302 g/mol. The maximum Gasteiger partial charge on any atom is 0.148 e. The molecule has 2 aromatic heterocycles. The molecule has 3 heterocycles. The number of nitrogens with zero attached hydrogens (tertiary/aromatic N) is 3. The van der Waals surface area contributed by atoms with Gasteiger partial charge in [-0.15, -0.1) is 0 Å². The lowest BCUT2D eigenvalue weighted by atomic mass is 10.2. The molecule has 1 fully saturated rings. The van der Waals surface area contributed by atoms with Crippen molar-refractivity contribution in [1.82, 2.24) is 14.5 Å². The van der Waals surface area contributed by atoms with Gasteiger partial charge in [0.25, 0.3) is 0 Å². The van der Waals surface area contributed by atoms with E-state index in [1.54, 1.807) is 4.57 Å². The molecule has 1 saturated heterocycles. The Kier molecular flexibility index (Phi) is 3.98. The number of nitrogen functional groups attached to an aromatic ring is 1. The monoisotopic (exact) mass is 302 g/mol. The van der Waals surface area contributed by atoms with Crippen molar-refractivity contribution >= 4 is 16.9 Å². The maximum atomic E-state index is 9.91. The molecule has 3 unspecified atom stereocenters. The number of hydrogen-bond acceptors (Lipinski definition) is 6. The van der Waals surface area contributed by atoms with Crippen LogP contribution < -0.4 is 5.73 Å². The summed E-state index contributed by atoms with van der Waals surface area (Å²) in [5, 5.41) is 19.8. The molecule has 116 valence electrons.